The number of aromatic nitrogens is 4. The highest BCUT2D eigenvalue weighted by atomic mass is 32.2. The second-order valence-corrected chi connectivity index (χ2v) is 5.62. The molecule has 0 spiro atoms. The van der Waals surface area contributed by atoms with E-state index in [1.807, 2.05) is 12.1 Å². The third kappa shape index (κ3) is 3.84. The number of nitrogen functional groups attached to an aromatic ring is 1. The zero-order valence-electron chi connectivity index (χ0n) is 11.1. The largest absolute Gasteiger partial charge is 0.412 e. The van der Waals surface area contributed by atoms with Crippen molar-refractivity contribution in [2.45, 2.75) is 6.92 Å². The molecule has 0 amide bonds. The number of fused-ring (bicyclic) bond motifs is 3. The van der Waals surface area contributed by atoms with Gasteiger partial charge in [-0.25, -0.2) is 9.97 Å². The number of hydrogen-bond donors (Lipinski definition) is 3. The van der Waals surface area contributed by atoms with Crippen LogP contribution in [0.5, 0.6) is 0 Å². The van der Waals surface area contributed by atoms with Crippen LogP contribution in [0.2, 0.25) is 0 Å². The molecule has 0 saturated heterocycles. The van der Waals surface area contributed by atoms with E-state index in [0.717, 1.165) is 16.7 Å². The number of pyridine rings is 2. The summed E-state index contributed by atoms with van der Waals surface area (Å²) in [6.07, 6.45) is 3.21. The summed E-state index contributed by atoms with van der Waals surface area (Å²) in [4.78, 5) is 15.5. The molecule has 114 valence electrons. The van der Waals surface area contributed by atoms with Crippen LogP contribution in [0.1, 0.15) is 6.92 Å². The lowest BCUT2D eigenvalue weighted by Gasteiger charge is -2.04. The number of aromatic amines is 1. The summed E-state index contributed by atoms with van der Waals surface area (Å²) in [6.45, 7) is 1.37. The Bertz CT molecular complexity index is 801. The predicted molar refractivity (Wildman–Crippen MR) is 78.4 cm³/mol. The van der Waals surface area contributed by atoms with Crippen LogP contribution in [0.4, 0.5) is 5.82 Å². The van der Waals surface area contributed by atoms with Crippen LogP contribution in [0.25, 0.3) is 22.4 Å². The first-order valence-electron chi connectivity index (χ1n) is 5.70. The van der Waals surface area contributed by atoms with Crippen LogP contribution in [-0.4, -0.2) is 44.1 Å². The monoisotopic (exact) mass is 313 g/mol. The van der Waals surface area contributed by atoms with Gasteiger partial charge in [0, 0.05) is 6.20 Å². The van der Waals surface area contributed by atoms with Crippen LogP contribution in [-0.2, 0) is 10.1 Å². The molecule has 0 atom stereocenters. The van der Waals surface area contributed by atoms with Gasteiger partial charge in [0.05, 0.1) is 11.3 Å². The van der Waals surface area contributed by atoms with Gasteiger partial charge in [0.1, 0.15) is 29.0 Å². The van der Waals surface area contributed by atoms with Crippen LogP contribution < -0.4 is 5.73 Å². The first kappa shape index (κ1) is 16.8. The number of anilines is 1. The predicted octanol–water partition coefficient (Wildman–Crippen LogP) is 0.109. The Morgan fingerprint density at radius 1 is 1.29 bits per heavy atom. The molecule has 3 rings (SSSR count). The van der Waals surface area contributed by atoms with Crippen molar-refractivity contribution in [2.75, 3.05) is 11.5 Å². The van der Waals surface area contributed by atoms with Crippen LogP contribution >= 0.6 is 0 Å². The van der Waals surface area contributed by atoms with Gasteiger partial charge in [-0.2, -0.15) is 8.42 Å². The van der Waals surface area contributed by atoms with E-state index in [1.54, 1.807) is 6.20 Å². The maximum Gasteiger partial charge on any atom is 0.264 e. The molecule has 2 aliphatic heterocycles. The number of H-pyrrole nitrogens is 1. The van der Waals surface area contributed by atoms with Crippen LogP contribution in [0.15, 0.2) is 24.7 Å². The lowest BCUT2D eigenvalue weighted by Crippen LogP contribution is -1.97. The topological polar surface area (TPSA) is 166 Å². The molecule has 10 heteroatoms. The van der Waals surface area contributed by atoms with Crippen molar-refractivity contribution in [3.63, 3.8) is 0 Å². The summed E-state index contributed by atoms with van der Waals surface area (Å²) in [5, 5.41) is 0. The Hall–Kier alpha value is -2.30. The van der Waals surface area contributed by atoms with Crippen LogP contribution in [0, 0.1) is 0 Å². The van der Waals surface area contributed by atoms with Crippen molar-refractivity contribution in [3.8, 4) is 11.4 Å². The van der Waals surface area contributed by atoms with Crippen molar-refractivity contribution >= 4 is 27.0 Å². The van der Waals surface area contributed by atoms with Crippen molar-refractivity contribution in [2.24, 2.45) is 0 Å². The summed E-state index contributed by atoms with van der Waals surface area (Å²) in [5.74, 6) is 0.325. The zero-order chi connectivity index (χ0) is 14.8. The van der Waals surface area contributed by atoms with Gasteiger partial charge >= 0.3 is 0 Å². The summed E-state index contributed by atoms with van der Waals surface area (Å²) >= 11 is 0. The SMILES string of the molecule is CCS(=O)(=O)O.Nc1[nH]c2cccnc2c2ncnc1-2.O. The molecule has 3 heterocycles. The minimum atomic E-state index is -3.66. The lowest BCUT2D eigenvalue weighted by molar-refractivity contribution is 0.484. The molecule has 0 saturated carbocycles. The molecular weight excluding hydrogens is 298 g/mol. The van der Waals surface area contributed by atoms with Crippen LogP contribution in [0.3, 0.4) is 0 Å². The highest BCUT2D eigenvalue weighted by molar-refractivity contribution is 7.85. The molecule has 0 bridgehead atoms. The van der Waals surface area contributed by atoms with Gasteiger partial charge in [0.2, 0.25) is 0 Å². The van der Waals surface area contributed by atoms with Gasteiger partial charge in [-0.1, -0.05) is 0 Å². The average Bonchev–Trinajstić information content (AvgIpc) is 2.89. The molecule has 0 aromatic carbocycles. The molecule has 6 N–H and O–H groups in total. The van der Waals surface area contributed by atoms with Gasteiger partial charge < -0.3 is 16.2 Å². The third-order valence-electron chi connectivity index (χ3n) is 2.52. The fourth-order valence-corrected chi connectivity index (χ4v) is 1.54. The third-order valence-corrected chi connectivity index (χ3v) is 3.25. The standard InChI is InChI=1S/C9H7N5.C2H6O3S.H2O/c10-9-8-7(12-4-13-8)6-5(14-9)2-1-3-11-6;1-2-6(3,4)5;/h1-4,14H,10H2;2H2,1H3,(H,3,4,5);1H2. The second-order valence-electron chi connectivity index (χ2n) is 3.88. The molecule has 0 unspecified atom stereocenters. The fourth-order valence-electron chi connectivity index (χ4n) is 1.54. The highest BCUT2D eigenvalue weighted by Gasteiger charge is 2.14. The van der Waals surface area contributed by atoms with Crippen molar-refractivity contribution in [3.05, 3.63) is 24.7 Å². The normalized spacial score (nSPS) is 10.8. The van der Waals surface area contributed by atoms with Gasteiger partial charge in [0.25, 0.3) is 10.1 Å². The fraction of sp³-hybridized carbons (Fsp3) is 0.182. The summed E-state index contributed by atoms with van der Waals surface area (Å²) in [6, 6.07) is 3.76. The minimum absolute atomic E-state index is 0. The van der Waals surface area contributed by atoms with E-state index in [1.165, 1.54) is 13.3 Å². The number of hydrogen-bond acceptors (Lipinski definition) is 6. The number of imidazole rings is 1. The van der Waals surface area contributed by atoms with Crippen molar-refractivity contribution in [1.29, 1.82) is 0 Å². The van der Waals surface area contributed by atoms with E-state index in [4.69, 9.17) is 10.3 Å². The molecule has 2 aliphatic rings. The Morgan fingerprint density at radius 3 is 2.52 bits per heavy atom. The molecule has 0 fully saturated rings. The molecule has 1 aromatic heterocycles. The summed E-state index contributed by atoms with van der Waals surface area (Å²) in [7, 11) is -3.66. The van der Waals surface area contributed by atoms with E-state index >= 15 is 0 Å². The van der Waals surface area contributed by atoms with E-state index in [9.17, 15) is 8.42 Å². The lowest BCUT2D eigenvalue weighted by atomic mass is 10.2. The quantitative estimate of drug-likeness (QED) is 0.536. The average molecular weight is 313 g/mol. The van der Waals surface area contributed by atoms with Crippen molar-refractivity contribution in [1.82, 2.24) is 19.9 Å². The smallest absolute Gasteiger partial charge is 0.264 e. The maximum absolute atomic E-state index is 9.56. The van der Waals surface area contributed by atoms with Gasteiger partial charge in [0.15, 0.2) is 0 Å². The van der Waals surface area contributed by atoms with E-state index < -0.39 is 10.1 Å². The highest BCUT2D eigenvalue weighted by Crippen LogP contribution is 2.28. The Morgan fingerprint density at radius 2 is 1.90 bits per heavy atom. The van der Waals surface area contributed by atoms with Gasteiger partial charge in [-0.05, 0) is 19.1 Å². The number of rotatable bonds is 1. The molecule has 0 aliphatic carbocycles. The molecule has 1 aromatic rings. The summed E-state index contributed by atoms with van der Waals surface area (Å²) < 4.78 is 26.9. The zero-order valence-corrected chi connectivity index (χ0v) is 11.9. The minimum Gasteiger partial charge on any atom is -0.412 e. The van der Waals surface area contributed by atoms with E-state index in [-0.39, 0.29) is 11.2 Å². The van der Waals surface area contributed by atoms with Gasteiger partial charge in [-0.3, -0.25) is 9.54 Å². The molecule has 9 nitrogen and oxygen atoms in total. The number of nitrogens with zero attached hydrogens (tertiary/aromatic N) is 3. The first-order chi connectivity index (χ1) is 9.42. The molecule has 0 radical (unpaired) electrons. The van der Waals surface area contributed by atoms with E-state index in [0.29, 0.717) is 11.5 Å². The Kier molecular flexibility index (Phi) is 5.13. The summed E-state index contributed by atoms with van der Waals surface area (Å²) in [5.41, 5.74) is 8.88. The molecular formula is C11H15N5O4S. The maximum atomic E-state index is 9.56. The first-order valence-corrected chi connectivity index (χ1v) is 7.31. The second kappa shape index (κ2) is 6.43. The van der Waals surface area contributed by atoms with E-state index in [2.05, 4.69) is 19.9 Å². The Labute approximate surface area is 120 Å². The van der Waals surface area contributed by atoms with Crippen molar-refractivity contribution < 1.29 is 18.4 Å². The Balaban J connectivity index is 0.000000275. The number of nitrogens with one attached hydrogen (secondary N) is 1. The number of nitrogens with two attached hydrogens (primary N) is 1. The molecule has 21 heavy (non-hydrogen) atoms. The van der Waals surface area contributed by atoms with Gasteiger partial charge in [-0.15, -0.1) is 0 Å².